The maximum Gasteiger partial charge on any atom is 0.358 e. The van der Waals surface area contributed by atoms with Crippen molar-refractivity contribution >= 4 is 17.6 Å². The van der Waals surface area contributed by atoms with E-state index in [1.807, 2.05) is 6.92 Å². The highest BCUT2D eigenvalue weighted by Gasteiger charge is 2.13. The summed E-state index contributed by atoms with van der Waals surface area (Å²) in [5.74, 6) is -0.440. The number of esters is 1. The second kappa shape index (κ2) is 8.86. The van der Waals surface area contributed by atoms with Crippen LogP contribution in [0.3, 0.4) is 0 Å². The Labute approximate surface area is 119 Å². The topological polar surface area (TPSA) is 52.1 Å². The van der Waals surface area contributed by atoms with E-state index in [0.29, 0.717) is 0 Å². The maximum atomic E-state index is 11.7. The number of carbonyl (C=O) groups excluding carboxylic acids is 1. The SMILES string of the molecule is CCCCCCC[C@@H](C)OC(=O)c1cnc(Cl)cn1. The Hall–Kier alpha value is -1.16. The molecule has 0 N–H and O–H groups in total. The van der Waals surface area contributed by atoms with Gasteiger partial charge in [-0.15, -0.1) is 0 Å². The number of carbonyl (C=O) groups is 1. The van der Waals surface area contributed by atoms with Gasteiger partial charge in [0.25, 0.3) is 0 Å². The van der Waals surface area contributed by atoms with E-state index >= 15 is 0 Å². The standard InChI is InChI=1S/C14H21ClN2O2/c1-3-4-5-6-7-8-11(2)19-14(18)12-9-17-13(15)10-16-12/h9-11H,3-8H2,1-2H3/t11-/m1/s1. The van der Waals surface area contributed by atoms with Crippen LogP contribution in [0.2, 0.25) is 5.15 Å². The van der Waals surface area contributed by atoms with Crippen molar-refractivity contribution in [2.24, 2.45) is 0 Å². The van der Waals surface area contributed by atoms with Crippen LogP contribution in [0.5, 0.6) is 0 Å². The maximum absolute atomic E-state index is 11.7. The van der Waals surface area contributed by atoms with E-state index in [1.54, 1.807) is 0 Å². The minimum Gasteiger partial charge on any atom is -0.458 e. The van der Waals surface area contributed by atoms with E-state index in [4.69, 9.17) is 16.3 Å². The second-order valence-corrected chi connectivity index (χ2v) is 5.03. The molecular weight excluding hydrogens is 264 g/mol. The molecule has 0 spiro atoms. The molecule has 0 saturated carbocycles. The summed E-state index contributed by atoms with van der Waals surface area (Å²) in [6.07, 6.45) is 9.50. The molecule has 0 radical (unpaired) electrons. The number of halogens is 1. The third kappa shape index (κ3) is 6.53. The van der Waals surface area contributed by atoms with Crippen LogP contribution in [0.15, 0.2) is 12.4 Å². The molecule has 0 unspecified atom stereocenters. The Bertz CT molecular complexity index is 382. The Balaban J connectivity index is 2.26. The predicted molar refractivity (Wildman–Crippen MR) is 75.3 cm³/mol. The lowest BCUT2D eigenvalue weighted by Gasteiger charge is -2.12. The first kappa shape index (κ1) is 15.9. The van der Waals surface area contributed by atoms with Crippen LogP contribution in [0, 0.1) is 0 Å². The molecule has 0 aromatic carbocycles. The summed E-state index contributed by atoms with van der Waals surface area (Å²) in [4.78, 5) is 19.4. The number of nitrogens with zero attached hydrogens (tertiary/aromatic N) is 2. The van der Waals surface area contributed by atoms with Crippen molar-refractivity contribution in [3.05, 3.63) is 23.2 Å². The highest BCUT2D eigenvalue weighted by molar-refractivity contribution is 6.29. The fourth-order valence-electron chi connectivity index (χ4n) is 1.76. The van der Waals surface area contributed by atoms with Crippen molar-refractivity contribution in [2.45, 2.75) is 58.5 Å². The molecule has 5 heteroatoms. The van der Waals surface area contributed by atoms with Crippen LogP contribution in [-0.2, 0) is 4.74 Å². The zero-order chi connectivity index (χ0) is 14.1. The molecule has 1 rings (SSSR count). The Morgan fingerprint density at radius 3 is 2.63 bits per heavy atom. The molecule has 0 aliphatic carbocycles. The summed E-state index contributed by atoms with van der Waals surface area (Å²) >= 11 is 5.61. The minimum atomic E-state index is -0.440. The normalized spacial score (nSPS) is 12.2. The Morgan fingerprint density at radius 2 is 2.00 bits per heavy atom. The van der Waals surface area contributed by atoms with Gasteiger partial charge >= 0.3 is 5.97 Å². The van der Waals surface area contributed by atoms with Crippen molar-refractivity contribution in [3.8, 4) is 0 Å². The molecule has 106 valence electrons. The lowest BCUT2D eigenvalue weighted by atomic mass is 10.1. The van der Waals surface area contributed by atoms with Crippen LogP contribution in [0.4, 0.5) is 0 Å². The van der Waals surface area contributed by atoms with Gasteiger partial charge in [-0.2, -0.15) is 0 Å². The van der Waals surface area contributed by atoms with E-state index in [-0.39, 0.29) is 17.0 Å². The van der Waals surface area contributed by atoms with Crippen molar-refractivity contribution in [1.82, 2.24) is 9.97 Å². The van der Waals surface area contributed by atoms with Gasteiger partial charge in [0.1, 0.15) is 5.15 Å². The fraction of sp³-hybridized carbons (Fsp3) is 0.643. The van der Waals surface area contributed by atoms with Crippen LogP contribution < -0.4 is 0 Å². The smallest absolute Gasteiger partial charge is 0.358 e. The molecule has 1 aromatic rings. The summed E-state index contributed by atoms with van der Waals surface area (Å²) in [5, 5.41) is 0.264. The average molecular weight is 285 g/mol. The predicted octanol–water partition coefficient (Wildman–Crippen LogP) is 4.04. The lowest BCUT2D eigenvalue weighted by molar-refractivity contribution is 0.0312. The first-order chi connectivity index (χ1) is 9.13. The molecule has 1 heterocycles. The highest BCUT2D eigenvalue weighted by Crippen LogP contribution is 2.11. The van der Waals surface area contributed by atoms with Crippen molar-refractivity contribution < 1.29 is 9.53 Å². The lowest BCUT2D eigenvalue weighted by Crippen LogP contribution is -2.16. The van der Waals surface area contributed by atoms with E-state index in [1.165, 1.54) is 38.1 Å². The van der Waals surface area contributed by atoms with Crippen molar-refractivity contribution in [3.63, 3.8) is 0 Å². The summed E-state index contributed by atoms with van der Waals surface area (Å²) in [6, 6.07) is 0. The van der Waals surface area contributed by atoms with Gasteiger partial charge in [-0.3, -0.25) is 0 Å². The monoisotopic (exact) mass is 284 g/mol. The minimum absolute atomic E-state index is 0.0911. The van der Waals surface area contributed by atoms with E-state index < -0.39 is 5.97 Å². The molecule has 0 bridgehead atoms. The molecule has 19 heavy (non-hydrogen) atoms. The fourth-order valence-corrected chi connectivity index (χ4v) is 1.85. The Morgan fingerprint density at radius 1 is 1.26 bits per heavy atom. The van der Waals surface area contributed by atoms with Crippen LogP contribution in [-0.4, -0.2) is 22.0 Å². The van der Waals surface area contributed by atoms with Crippen LogP contribution in [0.1, 0.15) is 62.9 Å². The van der Waals surface area contributed by atoms with Crippen LogP contribution in [0.25, 0.3) is 0 Å². The van der Waals surface area contributed by atoms with Gasteiger partial charge in [0.15, 0.2) is 5.69 Å². The number of ether oxygens (including phenoxy) is 1. The summed E-state index contributed by atoms with van der Waals surface area (Å²) in [7, 11) is 0. The van der Waals surface area contributed by atoms with E-state index in [9.17, 15) is 4.79 Å². The molecule has 0 aliphatic heterocycles. The largest absolute Gasteiger partial charge is 0.458 e. The molecule has 0 saturated heterocycles. The number of hydrogen-bond acceptors (Lipinski definition) is 4. The Kier molecular flexibility index (Phi) is 7.41. The average Bonchev–Trinajstić information content (AvgIpc) is 2.39. The van der Waals surface area contributed by atoms with Gasteiger partial charge in [-0.1, -0.05) is 44.2 Å². The summed E-state index contributed by atoms with van der Waals surface area (Å²) in [6.45, 7) is 4.10. The van der Waals surface area contributed by atoms with Gasteiger partial charge in [0.2, 0.25) is 0 Å². The van der Waals surface area contributed by atoms with Gasteiger partial charge in [-0.25, -0.2) is 14.8 Å². The van der Waals surface area contributed by atoms with Gasteiger partial charge < -0.3 is 4.74 Å². The van der Waals surface area contributed by atoms with Gasteiger partial charge in [-0.05, 0) is 19.8 Å². The highest BCUT2D eigenvalue weighted by atomic mass is 35.5. The van der Waals surface area contributed by atoms with E-state index in [0.717, 1.165) is 12.8 Å². The quantitative estimate of drug-likeness (QED) is 0.534. The number of hydrogen-bond donors (Lipinski definition) is 0. The summed E-state index contributed by atoms with van der Waals surface area (Å²) in [5.41, 5.74) is 0.197. The zero-order valence-electron chi connectivity index (χ0n) is 11.6. The molecule has 1 aromatic heterocycles. The molecule has 4 nitrogen and oxygen atoms in total. The first-order valence-corrected chi connectivity index (χ1v) is 7.19. The molecule has 0 aliphatic rings. The number of unbranched alkanes of at least 4 members (excludes halogenated alkanes) is 4. The molecule has 0 fully saturated rings. The molecule has 0 amide bonds. The zero-order valence-corrected chi connectivity index (χ0v) is 12.3. The van der Waals surface area contributed by atoms with Gasteiger partial charge in [0.05, 0.1) is 18.5 Å². The molecule has 1 atom stereocenters. The summed E-state index contributed by atoms with van der Waals surface area (Å²) < 4.78 is 5.30. The molecular formula is C14H21ClN2O2. The van der Waals surface area contributed by atoms with Crippen molar-refractivity contribution in [2.75, 3.05) is 0 Å². The van der Waals surface area contributed by atoms with E-state index in [2.05, 4.69) is 16.9 Å². The third-order valence-electron chi connectivity index (χ3n) is 2.85. The van der Waals surface area contributed by atoms with Gasteiger partial charge in [0, 0.05) is 0 Å². The second-order valence-electron chi connectivity index (χ2n) is 4.64. The van der Waals surface area contributed by atoms with Crippen LogP contribution >= 0.6 is 11.6 Å². The number of rotatable bonds is 8. The number of aromatic nitrogens is 2. The van der Waals surface area contributed by atoms with Crippen molar-refractivity contribution in [1.29, 1.82) is 0 Å². The first-order valence-electron chi connectivity index (χ1n) is 6.82. The third-order valence-corrected chi connectivity index (χ3v) is 3.05.